The maximum atomic E-state index is 13.4. The van der Waals surface area contributed by atoms with E-state index in [1.54, 1.807) is 12.1 Å². The smallest absolute Gasteiger partial charge is 0.266 e. The number of benzene rings is 2. The molecule has 1 fully saturated rings. The van der Waals surface area contributed by atoms with Gasteiger partial charge in [0.05, 0.1) is 5.71 Å². The van der Waals surface area contributed by atoms with Crippen molar-refractivity contribution in [2.45, 2.75) is 38.3 Å². The number of nitrogens with zero attached hydrogens (tertiary/aromatic N) is 2. The third-order valence-electron chi connectivity index (χ3n) is 5.41. The molecule has 1 N–H and O–H groups in total. The highest BCUT2D eigenvalue weighted by atomic mass is 19.1. The van der Waals surface area contributed by atoms with E-state index < -0.39 is 6.10 Å². The number of likely N-dealkylation sites (tertiary alicyclic amines) is 1. The number of halogens is 1. The monoisotopic (exact) mass is 381 g/mol. The molecule has 6 heteroatoms. The number of aryl methyl sites for hydroxylation is 1. The summed E-state index contributed by atoms with van der Waals surface area (Å²) in [5, 5.41) is 7.60. The predicted molar refractivity (Wildman–Crippen MR) is 107 cm³/mol. The molecular formula is C22H24FN3O2. The van der Waals surface area contributed by atoms with E-state index in [0.717, 1.165) is 18.5 Å². The molecule has 0 aliphatic carbocycles. The number of nitrogens with one attached hydrogen (secondary N) is 1. The van der Waals surface area contributed by atoms with Crippen molar-refractivity contribution in [3.05, 3.63) is 65.5 Å². The molecule has 0 unspecified atom stereocenters. The lowest BCUT2D eigenvalue weighted by molar-refractivity contribution is -0.143. The standard InChI is InChI=1S/C22H24FN3O2/c1-15-5-2-3-8-19(15)24-18-9-11-26(12-10-18)22(27)21-14-20(25-28-21)16-6-4-7-17(23)13-16/h2-8,13,18,21,24H,9-12,14H2,1H3/t21-/m0/s1. The summed E-state index contributed by atoms with van der Waals surface area (Å²) in [7, 11) is 0. The lowest BCUT2D eigenvalue weighted by atomic mass is 10.0. The van der Waals surface area contributed by atoms with Gasteiger partial charge in [-0.25, -0.2) is 4.39 Å². The van der Waals surface area contributed by atoms with Crippen molar-refractivity contribution in [3.63, 3.8) is 0 Å². The molecule has 0 aromatic heterocycles. The first-order chi connectivity index (χ1) is 13.6. The molecular weight excluding hydrogens is 357 g/mol. The Morgan fingerprint density at radius 1 is 1.18 bits per heavy atom. The number of oxime groups is 1. The number of hydrogen-bond acceptors (Lipinski definition) is 4. The average Bonchev–Trinajstić information content (AvgIpc) is 3.20. The van der Waals surface area contributed by atoms with E-state index in [1.807, 2.05) is 17.0 Å². The van der Waals surface area contributed by atoms with Gasteiger partial charge < -0.3 is 15.1 Å². The fraction of sp³-hybridized carbons (Fsp3) is 0.364. The Morgan fingerprint density at radius 3 is 2.71 bits per heavy atom. The molecule has 0 saturated carbocycles. The molecule has 0 spiro atoms. The van der Waals surface area contributed by atoms with Gasteiger partial charge in [0, 0.05) is 36.8 Å². The Hall–Kier alpha value is -2.89. The number of hydrogen-bond donors (Lipinski definition) is 1. The molecule has 2 aromatic rings. The van der Waals surface area contributed by atoms with Crippen LogP contribution in [0.1, 0.15) is 30.4 Å². The highest BCUT2D eigenvalue weighted by Gasteiger charge is 2.34. The first-order valence-corrected chi connectivity index (χ1v) is 9.70. The van der Waals surface area contributed by atoms with Crippen molar-refractivity contribution in [2.24, 2.45) is 5.16 Å². The molecule has 0 bridgehead atoms. The zero-order valence-electron chi connectivity index (χ0n) is 15.9. The summed E-state index contributed by atoms with van der Waals surface area (Å²) in [6.07, 6.45) is 1.55. The Labute approximate surface area is 164 Å². The minimum atomic E-state index is -0.612. The van der Waals surface area contributed by atoms with E-state index in [1.165, 1.54) is 17.7 Å². The largest absolute Gasteiger partial charge is 0.382 e. The second-order valence-electron chi connectivity index (χ2n) is 7.41. The molecule has 5 nitrogen and oxygen atoms in total. The van der Waals surface area contributed by atoms with Gasteiger partial charge in [-0.15, -0.1) is 0 Å². The third-order valence-corrected chi connectivity index (χ3v) is 5.41. The first kappa shape index (κ1) is 18.5. The van der Waals surface area contributed by atoms with Gasteiger partial charge in [-0.2, -0.15) is 0 Å². The van der Waals surface area contributed by atoms with Gasteiger partial charge in [0.1, 0.15) is 5.82 Å². The zero-order chi connectivity index (χ0) is 19.5. The summed E-state index contributed by atoms with van der Waals surface area (Å²) in [6, 6.07) is 14.8. The first-order valence-electron chi connectivity index (χ1n) is 9.70. The molecule has 2 heterocycles. The molecule has 28 heavy (non-hydrogen) atoms. The molecule has 1 amide bonds. The Bertz CT molecular complexity index is 891. The SMILES string of the molecule is Cc1ccccc1NC1CCN(C(=O)[C@@H]2CC(c3cccc(F)c3)=NO2)CC1. The van der Waals surface area contributed by atoms with E-state index in [0.29, 0.717) is 36.8 Å². The predicted octanol–water partition coefficient (Wildman–Crippen LogP) is 3.73. The number of anilines is 1. The van der Waals surface area contributed by atoms with Crippen molar-refractivity contribution < 1.29 is 14.0 Å². The second kappa shape index (κ2) is 8.00. The summed E-state index contributed by atoms with van der Waals surface area (Å²) in [5.41, 5.74) is 3.66. The highest BCUT2D eigenvalue weighted by molar-refractivity contribution is 6.04. The van der Waals surface area contributed by atoms with Crippen molar-refractivity contribution in [1.29, 1.82) is 0 Å². The summed E-state index contributed by atoms with van der Waals surface area (Å²) in [4.78, 5) is 20.0. The number of piperidine rings is 1. The number of carbonyl (C=O) groups excluding carboxylic acids is 1. The van der Waals surface area contributed by atoms with Gasteiger partial charge in [0.15, 0.2) is 0 Å². The van der Waals surface area contributed by atoms with Crippen LogP contribution in [-0.4, -0.2) is 41.8 Å². The van der Waals surface area contributed by atoms with Crippen LogP contribution in [0.25, 0.3) is 0 Å². The van der Waals surface area contributed by atoms with Crippen LogP contribution in [-0.2, 0) is 9.63 Å². The molecule has 4 rings (SSSR count). The zero-order valence-corrected chi connectivity index (χ0v) is 15.9. The molecule has 2 aliphatic heterocycles. The van der Waals surface area contributed by atoms with E-state index in [-0.39, 0.29) is 11.7 Å². The topological polar surface area (TPSA) is 53.9 Å². The minimum absolute atomic E-state index is 0.0375. The number of amides is 1. The average molecular weight is 381 g/mol. The van der Waals surface area contributed by atoms with E-state index in [9.17, 15) is 9.18 Å². The van der Waals surface area contributed by atoms with Crippen LogP contribution >= 0.6 is 0 Å². The van der Waals surface area contributed by atoms with Crippen molar-refractivity contribution in [1.82, 2.24) is 4.90 Å². The summed E-state index contributed by atoms with van der Waals surface area (Å²) in [6.45, 7) is 3.48. The summed E-state index contributed by atoms with van der Waals surface area (Å²) in [5.74, 6) is -0.359. The van der Waals surface area contributed by atoms with Gasteiger partial charge in [0.2, 0.25) is 6.10 Å². The lowest BCUT2D eigenvalue weighted by Gasteiger charge is -2.34. The summed E-state index contributed by atoms with van der Waals surface area (Å²) < 4.78 is 13.4. The molecule has 2 aromatic carbocycles. The molecule has 146 valence electrons. The van der Waals surface area contributed by atoms with Gasteiger partial charge >= 0.3 is 0 Å². The van der Waals surface area contributed by atoms with Gasteiger partial charge in [-0.3, -0.25) is 4.79 Å². The van der Waals surface area contributed by atoms with Crippen molar-refractivity contribution >= 4 is 17.3 Å². The van der Waals surface area contributed by atoms with Crippen molar-refractivity contribution in [3.8, 4) is 0 Å². The fourth-order valence-corrected chi connectivity index (χ4v) is 3.75. The number of carbonyl (C=O) groups is 1. The second-order valence-corrected chi connectivity index (χ2v) is 7.41. The number of para-hydroxylation sites is 1. The van der Waals surface area contributed by atoms with Crippen LogP contribution in [0.3, 0.4) is 0 Å². The molecule has 2 aliphatic rings. The summed E-state index contributed by atoms with van der Waals surface area (Å²) >= 11 is 0. The Morgan fingerprint density at radius 2 is 1.96 bits per heavy atom. The van der Waals surface area contributed by atoms with Gasteiger partial charge in [-0.1, -0.05) is 35.5 Å². The minimum Gasteiger partial charge on any atom is -0.382 e. The highest BCUT2D eigenvalue weighted by Crippen LogP contribution is 2.23. The molecule has 0 radical (unpaired) electrons. The Balaban J connectivity index is 1.30. The van der Waals surface area contributed by atoms with Crippen LogP contribution in [0.15, 0.2) is 53.7 Å². The van der Waals surface area contributed by atoms with Crippen LogP contribution in [0.4, 0.5) is 10.1 Å². The van der Waals surface area contributed by atoms with Gasteiger partial charge in [-0.05, 0) is 43.5 Å². The van der Waals surface area contributed by atoms with E-state index >= 15 is 0 Å². The van der Waals surface area contributed by atoms with E-state index in [2.05, 4.69) is 29.5 Å². The van der Waals surface area contributed by atoms with Crippen LogP contribution in [0, 0.1) is 12.7 Å². The third kappa shape index (κ3) is 4.01. The van der Waals surface area contributed by atoms with Gasteiger partial charge in [0.25, 0.3) is 5.91 Å². The Kier molecular flexibility index (Phi) is 5.28. The van der Waals surface area contributed by atoms with Crippen LogP contribution < -0.4 is 5.32 Å². The lowest BCUT2D eigenvalue weighted by Crippen LogP contribution is -2.46. The fourth-order valence-electron chi connectivity index (χ4n) is 3.75. The van der Waals surface area contributed by atoms with E-state index in [4.69, 9.17) is 4.84 Å². The maximum absolute atomic E-state index is 13.4. The van der Waals surface area contributed by atoms with Crippen molar-refractivity contribution in [2.75, 3.05) is 18.4 Å². The van der Waals surface area contributed by atoms with Crippen LogP contribution in [0.2, 0.25) is 0 Å². The molecule has 1 saturated heterocycles. The number of rotatable bonds is 4. The quantitative estimate of drug-likeness (QED) is 0.878. The molecule has 1 atom stereocenters. The maximum Gasteiger partial charge on any atom is 0.266 e. The van der Waals surface area contributed by atoms with Crippen LogP contribution in [0.5, 0.6) is 0 Å². The normalized spacial score (nSPS) is 19.9.